The number of amides is 1. The highest BCUT2D eigenvalue weighted by atomic mass is 19.4. The van der Waals surface area contributed by atoms with Crippen LogP contribution in [0.5, 0.6) is 0 Å². The number of nitrogens with one attached hydrogen (secondary N) is 2. The zero-order valence-electron chi connectivity index (χ0n) is 10.8. The molecular weight excluding hydrogens is 303 g/mol. The number of rotatable bonds is 4. The van der Waals surface area contributed by atoms with Crippen LogP contribution < -0.4 is 5.32 Å². The number of H-pyrrole nitrogens is 1. The third kappa shape index (κ3) is 3.54. The van der Waals surface area contributed by atoms with Crippen LogP contribution in [0, 0.1) is 11.3 Å². The maximum absolute atomic E-state index is 12.6. The molecule has 0 aromatic carbocycles. The van der Waals surface area contributed by atoms with Crippen molar-refractivity contribution in [2.24, 2.45) is 0 Å². The monoisotopic (exact) mass is 311 g/mol. The minimum Gasteiger partial charge on any atom is -0.338 e. The molecule has 2 aromatic heterocycles. The van der Waals surface area contributed by atoms with E-state index in [1.54, 1.807) is 5.32 Å². The molecule has 1 atom stereocenters. The highest BCUT2D eigenvalue weighted by molar-refractivity contribution is 5.92. The van der Waals surface area contributed by atoms with Crippen molar-refractivity contribution in [1.29, 1.82) is 5.26 Å². The van der Waals surface area contributed by atoms with Crippen molar-refractivity contribution in [3.05, 3.63) is 24.0 Å². The minimum atomic E-state index is -4.71. The second-order valence-corrected chi connectivity index (χ2v) is 4.10. The number of hydrogen-bond acceptors (Lipinski definition) is 6. The zero-order chi connectivity index (χ0) is 16.2. The molecule has 22 heavy (non-hydrogen) atoms. The lowest BCUT2D eigenvalue weighted by Crippen LogP contribution is -2.45. The number of nitriles is 1. The molecule has 0 bridgehead atoms. The van der Waals surface area contributed by atoms with Crippen LogP contribution >= 0.6 is 0 Å². The summed E-state index contributed by atoms with van der Waals surface area (Å²) < 4.78 is 37.9. The Hall–Kier alpha value is -3.03. The van der Waals surface area contributed by atoms with Gasteiger partial charge < -0.3 is 5.32 Å². The predicted molar refractivity (Wildman–Crippen MR) is 64.9 cm³/mol. The SMILES string of the molecule is N#CCC(NC(=O)c1ccc(-c2nn[nH]n2)cn1)C(F)(F)F. The van der Waals surface area contributed by atoms with E-state index < -0.39 is 24.5 Å². The number of tetrazole rings is 1. The molecule has 0 aliphatic carbocycles. The summed E-state index contributed by atoms with van der Waals surface area (Å²) in [5.74, 6) is -0.797. The van der Waals surface area contributed by atoms with Gasteiger partial charge in [-0.15, -0.1) is 10.2 Å². The van der Waals surface area contributed by atoms with Crippen molar-refractivity contribution in [1.82, 2.24) is 30.9 Å². The van der Waals surface area contributed by atoms with Crippen LogP contribution in [0.2, 0.25) is 0 Å². The number of hydrogen-bond donors (Lipinski definition) is 2. The van der Waals surface area contributed by atoms with Gasteiger partial charge in [-0.25, -0.2) is 0 Å². The number of carbonyl (C=O) groups excluding carboxylic acids is 1. The average molecular weight is 311 g/mol. The Morgan fingerprint density at radius 3 is 2.73 bits per heavy atom. The molecule has 1 amide bonds. The standard InChI is InChI=1S/C11H8F3N7O/c12-11(13,14)8(3-4-15)17-10(22)7-2-1-6(5-16-7)9-18-20-21-19-9/h1-2,5,8H,3H2,(H,17,22)(H,18,19,20,21). The summed E-state index contributed by atoms with van der Waals surface area (Å²) in [6, 6.07) is 1.77. The van der Waals surface area contributed by atoms with Gasteiger partial charge in [-0.3, -0.25) is 9.78 Å². The Bertz CT molecular complexity index is 675. The van der Waals surface area contributed by atoms with E-state index in [1.807, 2.05) is 0 Å². The van der Waals surface area contributed by atoms with Crippen LogP contribution in [0.1, 0.15) is 16.9 Å². The van der Waals surface area contributed by atoms with Crippen molar-refractivity contribution >= 4 is 5.91 Å². The van der Waals surface area contributed by atoms with Gasteiger partial charge in [0.15, 0.2) is 0 Å². The predicted octanol–water partition coefficient (Wildman–Crippen LogP) is 0.836. The number of halogens is 3. The highest BCUT2D eigenvalue weighted by Crippen LogP contribution is 2.22. The highest BCUT2D eigenvalue weighted by Gasteiger charge is 2.40. The second kappa shape index (κ2) is 6.17. The van der Waals surface area contributed by atoms with Gasteiger partial charge in [0.2, 0.25) is 5.82 Å². The fourth-order valence-corrected chi connectivity index (χ4v) is 1.52. The summed E-state index contributed by atoms with van der Waals surface area (Å²) in [6.07, 6.45) is -4.36. The van der Waals surface area contributed by atoms with Crippen LogP contribution in [0.4, 0.5) is 13.2 Å². The quantitative estimate of drug-likeness (QED) is 0.863. The first kappa shape index (κ1) is 15.4. The lowest BCUT2D eigenvalue weighted by molar-refractivity contribution is -0.152. The largest absolute Gasteiger partial charge is 0.409 e. The van der Waals surface area contributed by atoms with E-state index in [4.69, 9.17) is 5.26 Å². The van der Waals surface area contributed by atoms with E-state index in [0.717, 1.165) is 0 Å². The molecule has 11 heteroatoms. The molecular formula is C11H8F3N7O. The van der Waals surface area contributed by atoms with Crippen molar-refractivity contribution < 1.29 is 18.0 Å². The van der Waals surface area contributed by atoms with Crippen molar-refractivity contribution in [2.45, 2.75) is 18.6 Å². The van der Waals surface area contributed by atoms with E-state index in [2.05, 4.69) is 25.6 Å². The third-order valence-corrected chi connectivity index (χ3v) is 2.60. The molecule has 2 heterocycles. The maximum atomic E-state index is 12.6. The van der Waals surface area contributed by atoms with Gasteiger partial charge in [0.25, 0.3) is 5.91 Å². The second-order valence-electron chi connectivity index (χ2n) is 4.10. The Labute approximate surface area is 121 Å². The van der Waals surface area contributed by atoms with Crippen molar-refractivity contribution in [3.63, 3.8) is 0 Å². The molecule has 0 aliphatic heterocycles. The normalized spacial score (nSPS) is 12.5. The summed E-state index contributed by atoms with van der Waals surface area (Å²) in [5, 5.41) is 23.1. The van der Waals surface area contributed by atoms with Crippen LogP contribution in [-0.2, 0) is 0 Å². The molecule has 0 saturated heterocycles. The Morgan fingerprint density at radius 2 is 2.23 bits per heavy atom. The van der Waals surface area contributed by atoms with E-state index in [9.17, 15) is 18.0 Å². The molecule has 2 N–H and O–H groups in total. The van der Waals surface area contributed by atoms with Crippen LogP contribution in [0.3, 0.4) is 0 Å². The first-order valence-electron chi connectivity index (χ1n) is 5.86. The van der Waals surface area contributed by atoms with E-state index in [1.165, 1.54) is 24.4 Å². The molecule has 0 saturated carbocycles. The summed E-state index contributed by atoms with van der Waals surface area (Å²) in [4.78, 5) is 15.5. The zero-order valence-corrected chi connectivity index (χ0v) is 10.8. The summed E-state index contributed by atoms with van der Waals surface area (Å²) in [5.41, 5.74) is 0.217. The number of alkyl halides is 3. The average Bonchev–Trinajstić information content (AvgIpc) is 3.00. The van der Waals surface area contributed by atoms with Gasteiger partial charge in [0.05, 0.1) is 12.5 Å². The van der Waals surface area contributed by atoms with Gasteiger partial charge in [-0.2, -0.15) is 23.6 Å². The summed E-state index contributed by atoms with van der Waals surface area (Å²) >= 11 is 0. The molecule has 8 nitrogen and oxygen atoms in total. The molecule has 0 aliphatic rings. The number of pyridine rings is 1. The third-order valence-electron chi connectivity index (χ3n) is 2.60. The molecule has 0 fully saturated rings. The molecule has 0 radical (unpaired) electrons. The Morgan fingerprint density at radius 1 is 1.45 bits per heavy atom. The molecule has 0 spiro atoms. The lowest BCUT2D eigenvalue weighted by Gasteiger charge is -2.18. The Balaban J connectivity index is 2.11. The summed E-state index contributed by atoms with van der Waals surface area (Å²) in [7, 11) is 0. The molecule has 1 unspecified atom stereocenters. The molecule has 2 rings (SSSR count). The fraction of sp³-hybridized carbons (Fsp3) is 0.273. The van der Waals surface area contributed by atoms with Gasteiger partial charge >= 0.3 is 6.18 Å². The first-order valence-corrected chi connectivity index (χ1v) is 5.86. The van der Waals surface area contributed by atoms with Crippen LogP contribution in [0.15, 0.2) is 18.3 Å². The van der Waals surface area contributed by atoms with Crippen molar-refractivity contribution in [2.75, 3.05) is 0 Å². The van der Waals surface area contributed by atoms with Crippen LogP contribution in [0.25, 0.3) is 11.4 Å². The van der Waals surface area contributed by atoms with E-state index >= 15 is 0 Å². The fourth-order valence-electron chi connectivity index (χ4n) is 1.52. The van der Waals surface area contributed by atoms with Gasteiger partial charge in [-0.1, -0.05) is 0 Å². The van der Waals surface area contributed by atoms with Gasteiger partial charge in [0.1, 0.15) is 11.7 Å². The van der Waals surface area contributed by atoms with E-state index in [-0.39, 0.29) is 11.5 Å². The minimum absolute atomic E-state index is 0.223. The number of nitrogens with zero attached hydrogens (tertiary/aromatic N) is 5. The maximum Gasteiger partial charge on any atom is 0.409 e. The van der Waals surface area contributed by atoms with Crippen LogP contribution in [-0.4, -0.2) is 43.7 Å². The molecule has 114 valence electrons. The number of aromatic nitrogens is 5. The summed E-state index contributed by atoms with van der Waals surface area (Å²) in [6.45, 7) is 0. The topological polar surface area (TPSA) is 120 Å². The van der Waals surface area contributed by atoms with Gasteiger partial charge in [-0.05, 0) is 17.3 Å². The molecule has 2 aromatic rings. The smallest absolute Gasteiger partial charge is 0.338 e. The lowest BCUT2D eigenvalue weighted by atomic mass is 10.2. The number of aromatic amines is 1. The Kier molecular flexibility index (Phi) is 4.31. The van der Waals surface area contributed by atoms with E-state index in [0.29, 0.717) is 5.56 Å². The number of carbonyl (C=O) groups is 1. The van der Waals surface area contributed by atoms with Gasteiger partial charge in [0, 0.05) is 11.8 Å². The first-order chi connectivity index (χ1) is 10.4. The van der Waals surface area contributed by atoms with Crippen molar-refractivity contribution in [3.8, 4) is 17.5 Å².